The number of para-hydroxylation sites is 1. The van der Waals surface area contributed by atoms with Gasteiger partial charge in [0.2, 0.25) is 0 Å². The second-order valence-electron chi connectivity index (χ2n) is 3.34. The fraction of sp³-hybridized carbons (Fsp3) is 0.250. The number of nitrogens with zero attached hydrogens (tertiary/aromatic N) is 2. The van der Waals surface area contributed by atoms with Gasteiger partial charge >= 0.3 is 5.69 Å². The van der Waals surface area contributed by atoms with Gasteiger partial charge < -0.3 is 5.32 Å². The van der Waals surface area contributed by atoms with E-state index in [1.807, 2.05) is 6.92 Å². The average Bonchev–Trinajstić information content (AvgIpc) is 2.34. The first-order valence-electron chi connectivity index (χ1n) is 5.04. The summed E-state index contributed by atoms with van der Waals surface area (Å²) >= 11 is 0. The molecule has 0 saturated heterocycles. The van der Waals surface area contributed by atoms with Gasteiger partial charge in [-0.2, -0.15) is 5.26 Å². The van der Waals surface area contributed by atoms with E-state index in [-0.39, 0.29) is 23.0 Å². The van der Waals surface area contributed by atoms with Crippen LogP contribution in [0.2, 0.25) is 0 Å². The molecule has 17 heavy (non-hydrogen) atoms. The highest BCUT2D eigenvalue weighted by Crippen LogP contribution is 2.28. The lowest BCUT2D eigenvalue weighted by Gasteiger charge is -2.12. The zero-order chi connectivity index (χ0) is 12.8. The molecule has 1 aromatic rings. The third-order valence-corrected chi connectivity index (χ3v) is 2.28. The number of hydrogen-bond donors (Lipinski definition) is 1. The first kappa shape index (κ1) is 12.5. The zero-order valence-electron chi connectivity index (χ0n) is 9.30. The van der Waals surface area contributed by atoms with Crippen molar-refractivity contribution in [2.24, 2.45) is 0 Å². The number of nitriles is 1. The lowest BCUT2D eigenvalue weighted by atomic mass is 10.1. The lowest BCUT2D eigenvalue weighted by molar-refractivity contribution is -0.384. The van der Waals surface area contributed by atoms with Crippen LogP contribution in [0.3, 0.4) is 0 Å². The predicted molar refractivity (Wildman–Crippen MR) is 64.3 cm³/mol. The summed E-state index contributed by atoms with van der Waals surface area (Å²) in [6.07, 6.45) is 5.92. The van der Waals surface area contributed by atoms with Crippen LogP contribution in [0, 0.1) is 33.8 Å². The van der Waals surface area contributed by atoms with Gasteiger partial charge in [0.25, 0.3) is 0 Å². The molecular formula is C12H11N3O2. The van der Waals surface area contributed by atoms with Crippen molar-refractivity contribution in [1.29, 1.82) is 5.26 Å². The molecular weight excluding hydrogens is 218 g/mol. The van der Waals surface area contributed by atoms with E-state index >= 15 is 0 Å². The molecule has 1 unspecified atom stereocenters. The maximum atomic E-state index is 10.9. The molecule has 0 fully saturated rings. The largest absolute Gasteiger partial charge is 0.366 e. The summed E-state index contributed by atoms with van der Waals surface area (Å²) in [6.45, 7) is 1.87. The highest BCUT2D eigenvalue weighted by Gasteiger charge is 2.20. The number of anilines is 1. The third-order valence-electron chi connectivity index (χ3n) is 2.28. The highest BCUT2D eigenvalue weighted by atomic mass is 16.6. The summed E-state index contributed by atoms with van der Waals surface area (Å²) in [5.41, 5.74) is 0.0643. The topological polar surface area (TPSA) is 79.0 Å². The standard InChI is InChI=1S/C12H11N3O2/c1-3-10(4-2)14-11-7-5-6-9(8-13)12(11)15(16)17/h1,5-7,10,14H,4H2,2H3. The van der Waals surface area contributed by atoms with Gasteiger partial charge in [-0.1, -0.05) is 18.9 Å². The molecule has 0 aromatic heterocycles. The molecule has 0 spiro atoms. The first-order valence-corrected chi connectivity index (χ1v) is 5.04. The summed E-state index contributed by atoms with van der Waals surface area (Å²) in [5, 5.41) is 22.6. The van der Waals surface area contributed by atoms with Gasteiger partial charge in [0, 0.05) is 0 Å². The minimum Gasteiger partial charge on any atom is -0.366 e. The molecule has 0 amide bonds. The van der Waals surface area contributed by atoms with Crippen LogP contribution >= 0.6 is 0 Å². The molecule has 5 heteroatoms. The van der Waals surface area contributed by atoms with Crippen molar-refractivity contribution in [3.05, 3.63) is 33.9 Å². The normalized spacial score (nSPS) is 11.0. The maximum Gasteiger partial charge on any atom is 0.309 e. The van der Waals surface area contributed by atoms with Crippen molar-refractivity contribution in [3.63, 3.8) is 0 Å². The lowest BCUT2D eigenvalue weighted by Crippen LogP contribution is -2.16. The van der Waals surface area contributed by atoms with Gasteiger partial charge in [0.05, 0.1) is 11.0 Å². The number of terminal acetylenes is 1. The number of rotatable bonds is 4. The summed E-state index contributed by atoms with van der Waals surface area (Å²) in [5.74, 6) is 2.49. The summed E-state index contributed by atoms with van der Waals surface area (Å²) in [6, 6.07) is 6.03. The number of nitro benzene ring substituents is 1. The Kier molecular flexibility index (Phi) is 4.08. The minimum absolute atomic E-state index is 0.0203. The van der Waals surface area contributed by atoms with E-state index in [0.717, 1.165) is 0 Å². The SMILES string of the molecule is C#CC(CC)Nc1cccc(C#N)c1[N+](=O)[O-]. The Hall–Kier alpha value is -2.53. The van der Waals surface area contributed by atoms with Crippen LogP contribution in [0.5, 0.6) is 0 Å². The third kappa shape index (κ3) is 2.73. The smallest absolute Gasteiger partial charge is 0.309 e. The van der Waals surface area contributed by atoms with Crippen LogP contribution in [0.15, 0.2) is 18.2 Å². The van der Waals surface area contributed by atoms with Crippen molar-refractivity contribution >= 4 is 11.4 Å². The van der Waals surface area contributed by atoms with Crippen LogP contribution in [0.1, 0.15) is 18.9 Å². The fourth-order valence-electron chi connectivity index (χ4n) is 1.40. The molecule has 1 aromatic carbocycles. The summed E-state index contributed by atoms with van der Waals surface area (Å²) in [7, 11) is 0. The molecule has 1 rings (SSSR count). The molecule has 0 aliphatic carbocycles. The molecule has 0 aliphatic rings. The monoisotopic (exact) mass is 229 g/mol. The molecule has 0 heterocycles. The number of hydrogen-bond acceptors (Lipinski definition) is 4. The van der Waals surface area contributed by atoms with Crippen molar-refractivity contribution in [1.82, 2.24) is 0 Å². The Morgan fingerprint density at radius 1 is 1.65 bits per heavy atom. The Balaban J connectivity index is 3.21. The Morgan fingerprint density at radius 2 is 2.35 bits per heavy atom. The van der Waals surface area contributed by atoms with Crippen LogP contribution in [-0.4, -0.2) is 11.0 Å². The predicted octanol–water partition coefficient (Wildman–Crippen LogP) is 2.29. The summed E-state index contributed by atoms with van der Waals surface area (Å²) in [4.78, 5) is 10.3. The quantitative estimate of drug-likeness (QED) is 0.488. The van der Waals surface area contributed by atoms with Crippen LogP contribution in [0.25, 0.3) is 0 Å². The van der Waals surface area contributed by atoms with E-state index in [9.17, 15) is 10.1 Å². The van der Waals surface area contributed by atoms with Gasteiger partial charge in [0.1, 0.15) is 17.3 Å². The summed E-state index contributed by atoms with van der Waals surface area (Å²) < 4.78 is 0. The van der Waals surface area contributed by atoms with E-state index in [1.165, 1.54) is 6.07 Å². The van der Waals surface area contributed by atoms with Crippen molar-refractivity contribution in [2.45, 2.75) is 19.4 Å². The molecule has 5 nitrogen and oxygen atoms in total. The van der Waals surface area contributed by atoms with Crippen LogP contribution < -0.4 is 5.32 Å². The van der Waals surface area contributed by atoms with Crippen molar-refractivity contribution in [2.75, 3.05) is 5.32 Å². The Labute approximate surface area is 99.2 Å². The molecule has 86 valence electrons. The number of nitro groups is 1. The van der Waals surface area contributed by atoms with E-state index in [2.05, 4.69) is 11.2 Å². The van der Waals surface area contributed by atoms with Crippen molar-refractivity contribution < 1.29 is 4.92 Å². The van der Waals surface area contributed by atoms with Gasteiger partial charge in [-0.15, -0.1) is 6.42 Å². The van der Waals surface area contributed by atoms with Gasteiger partial charge in [-0.05, 0) is 18.6 Å². The average molecular weight is 229 g/mol. The van der Waals surface area contributed by atoms with E-state index in [0.29, 0.717) is 6.42 Å². The second kappa shape index (κ2) is 5.53. The zero-order valence-corrected chi connectivity index (χ0v) is 9.30. The minimum atomic E-state index is -0.579. The highest BCUT2D eigenvalue weighted by molar-refractivity contribution is 5.69. The fourth-order valence-corrected chi connectivity index (χ4v) is 1.40. The van der Waals surface area contributed by atoms with Crippen LogP contribution in [-0.2, 0) is 0 Å². The number of benzene rings is 1. The van der Waals surface area contributed by atoms with Crippen LogP contribution in [0.4, 0.5) is 11.4 Å². The van der Waals surface area contributed by atoms with Crippen molar-refractivity contribution in [3.8, 4) is 18.4 Å². The van der Waals surface area contributed by atoms with E-state index in [1.54, 1.807) is 18.2 Å². The molecule has 1 atom stereocenters. The van der Waals surface area contributed by atoms with E-state index in [4.69, 9.17) is 11.7 Å². The molecule has 0 aliphatic heterocycles. The van der Waals surface area contributed by atoms with Gasteiger partial charge in [0.15, 0.2) is 0 Å². The molecule has 0 bridgehead atoms. The Bertz CT molecular complexity index is 511. The van der Waals surface area contributed by atoms with Gasteiger partial charge in [-0.3, -0.25) is 10.1 Å². The van der Waals surface area contributed by atoms with Gasteiger partial charge in [-0.25, -0.2) is 0 Å². The first-order chi connectivity index (χ1) is 8.13. The number of nitrogens with one attached hydrogen (secondary N) is 1. The Morgan fingerprint density at radius 3 is 2.82 bits per heavy atom. The molecule has 0 saturated carbocycles. The molecule has 0 radical (unpaired) electrons. The second-order valence-corrected chi connectivity index (χ2v) is 3.34. The molecule has 1 N–H and O–H groups in total. The maximum absolute atomic E-state index is 10.9. The van der Waals surface area contributed by atoms with E-state index < -0.39 is 4.92 Å².